The van der Waals surface area contributed by atoms with Crippen LogP contribution in [-0.2, 0) is 24.7 Å². The third-order valence-electron chi connectivity index (χ3n) is 9.02. The molecule has 55 heavy (non-hydrogen) atoms. The van der Waals surface area contributed by atoms with E-state index in [1.54, 1.807) is 24.3 Å². The maximum Gasteiger partial charge on any atom is 0.416 e. The second kappa shape index (κ2) is 15.3. The molecule has 0 saturated heterocycles. The largest absolute Gasteiger partial charge is 0.416 e. The molecule has 0 radical (unpaired) electrons. The molecule has 5 aromatic rings. The molecule has 0 fully saturated rings. The third-order valence-corrected chi connectivity index (χ3v) is 14.2. The van der Waals surface area contributed by atoms with Crippen LogP contribution < -0.4 is 26.5 Å². The minimum atomic E-state index is -5.32. The molecule has 0 aliphatic heterocycles. The van der Waals surface area contributed by atoms with Gasteiger partial charge in [-0.1, -0.05) is 110 Å². The zero-order chi connectivity index (χ0) is 39.9. The fourth-order valence-electron chi connectivity index (χ4n) is 6.56. The Kier molecular flexibility index (Phi) is 11.2. The molecular formula is C41H28F12P2. The van der Waals surface area contributed by atoms with E-state index < -0.39 is 79.1 Å². The summed E-state index contributed by atoms with van der Waals surface area (Å²) in [6, 6.07) is 27.6. The lowest BCUT2D eigenvalue weighted by atomic mass is 10.0. The molecule has 286 valence electrons. The molecule has 0 amide bonds. The smallest absolute Gasteiger partial charge is 0.166 e. The minimum absolute atomic E-state index is 0.0917. The van der Waals surface area contributed by atoms with Gasteiger partial charge in [-0.15, -0.1) is 0 Å². The lowest BCUT2D eigenvalue weighted by Crippen LogP contribution is -2.27. The lowest BCUT2D eigenvalue weighted by Gasteiger charge is -2.31. The summed E-state index contributed by atoms with van der Waals surface area (Å²) in [4.78, 5) is 0. The van der Waals surface area contributed by atoms with E-state index in [2.05, 4.69) is 0 Å². The Labute approximate surface area is 310 Å². The van der Waals surface area contributed by atoms with E-state index in [9.17, 15) is 52.7 Å². The van der Waals surface area contributed by atoms with Crippen LogP contribution in [0.3, 0.4) is 0 Å². The molecule has 0 spiro atoms. The van der Waals surface area contributed by atoms with Crippen molar-refractivity contribution in [2.75, 3.05) is 0 Å². The molecule has 0 saturated carbocycles. The predicted molar refractivity (Wildman–Crippen MR) is 194 cm³/mol. The fourth-order valence-corrected chi connectivity index (χ4v) is 11.9. The Bertz CT molecular complexity index is 2040. The molecule has 1 aliphatic carbocycles. The number of benzene rings is 5. The van der Waals surface area contributed by atoms with Crippen LogP contribution in [0.25, 0.3) is 5.57 Å². The van der Waals surface area contributed by atoms with Crippen molar-refractivity contribution in [1.82, 2.24) is 0 Å². The summed E-state index contributed by atoms with van der Waals surface area (Å²) >= 11 is 0. The zero-order valence-corrected chi connectivity index (χ0v) is 30.2. The van der Waals surface area contributed by atoms with Crippen LogP contribution in [0, 0.1) is 0 Å². The molecule has 0 bridgehead atoms. The number of hydrogen-bond donors (Lipinski definition) is 0. The first-order valence-electron chi connectivity index (χ1n) is 16.5. The highest BCUT2D eigenvalue weighted by Gasteiger charge is 2.41. The first-order chi connectivity index (χ1) is 25.7. The van der Waals surface area contributed by atoms with Crippen molar-refractivity contribution in [3.8, 4) is 0 Å². The van der Waals surface area contributed by atoms with Gasteiger partial charge < -0.3 is 0 Å². The van der Waals surface area contributed by atoms with Gasteiger partial charge in [0.1, 0.15) is 0 Å². The molecule has 1 atom stereocenters. The Balaban J connectivity index is 1.63. The highest BCUT2D eigenvalue weighted by molar-refractivity contribution is 7.80. The number of rotatable bonds is 8. The van der Waals surface area contributed by atoms with Crippen LogP contribution in [-0.4, -0.2) is 5.66 Å². The summed E-state index contributed by atoms with van der Waals surface area (Å²) < 4.78 is 170. The summed E-state index contributed by atoms with van der Waals surface area (Å²) in [5.41, 5.74) is -6.47. The van der Waals surface area contributed by atoms with Crippen LogP contribution in [0.15, 0.2) is 139 Å². The van der Waals surface area contributed by atoms with E-state index >= 15 is 0 Å². The quantitative estimate of drug-likeness (QED) is 0.108. The van der Waals surface area contributed by atoms with Gasteiger partial charge in [0.25, 0.3) is 0 Å². The van der Waals surface area contributed by atoms with Crippen molar-refractivity contribution in [2.24, 2.45) is 0 Å². The average Bonchev–Trinajstić information content (AvgIpc) is 3.61. The second-order valence-electron chi connectivity index (χ2n) is 12.6. The van der Waals surface area contributed by atoms with E-state index in [4.69, 9.17) is 0 Å². The molecule has 0 aromatic heterocycles. The Morgan fingerprint density at radius 1 is 0.473 bits per heavy atom. The molecule has 6 rings (SSSR count). The van der Waals surface area contributed by atoms with Crippen molar-refractivity contribution in [2.45, 2.75) is 43.7 Å². The Morgan fingerprint density at radius 3 is 1.25 bits per heavy atom. The number of allylic oxidation sites excluding steroid dienone is 4. The molecule has 5 aromatic carbocycles. The molecule has 1 aliphatic rings. The summed E-state index contributed by atoms with van der Waals surface area (Å²) in [7, 11) is -4.06. The highest BCUT2D eigenvalue weighted by Crippen LogP contribution is 2.51. The van der Waals surface area contributed by atoms with E-state index in [-0.39, 0.29) is 18.6 Å². The first kappa shape index (κ1) is 40.3. The highest BCUT2D eigenvalue weighted by atomic mass is 31.1. The van der Waals surface area contributed by atoms with E-state index in [1.165, 1.54) is 6.92 Å². The normalized spacial score (nSPS) is 14.7. The van der Waals surface area contributed by atoms with Crippen LogP contribution >= 0.6 is 15.8 Å². The van der Waals surface area contributed by atoms with Crippen LogP contribution in [0.5, 0.6) is 0 Å². The average molecular weight is 811 g/mol. The minimum Gasteiger partial charge on any atom is -0.166 e. The maximum atomic E-state index is 14.2. The summed E-state index contributed by atoms with van der Waals surface area (Å²) in [5.74, 6) is 0. The Morgan fingerprint density at radius 2 is 0.855 bits per heavy atom. The molecule has 0 nitrogen and oxygen atoms in total. The van der Waals surface area contributed by atoms with Crippen molar-refractivity contribution in [3.63, 3.8) is 0 Å². The summed E-state index contributed by atoms with van der Waals surface area (Å²) in [6.45, 7) is 1.43. The molecule has 0 heterocycles. The molecule has 0 N–H and O–H groups in total. The standard InChI is InChI=1S/C41H28F12P2/c1-25(34-16-10-17-35(34)36-15-8-9-18-37(36)55(30-11-4-2-5-12-30)31-13-6-3-7-14-31)54(32-21-26(38(42,43)44)19-27(22-32)39(45,46)47)33-23-28(40(48,49)50)20-29(24-33)41(51,52)53/h2-15,17-25H,16H2,1H3/t25-/m0/s1. The number of alkyl halides is 12. The van der Waals surface area contributed by atoms with E-state index in [1.807, 2.05) is 72.8 Å². The van der Waals surface area contributed by atoms with Gasteiger partial charge in [-0.3, -0.25) is 0 Å². The van der Waals surface area contributed by atoms with Crippen molar-refractivity contribution < 1.29 is 52.7 Å². The first-order valence-corrected chi connectivity index (χ1v) is 19.3. The van der Waals surface area contributed by atoms with E-state index in [0.717, 1.165) is 15.9 Å². The summed E-state index contributed by atoms with van der Waals surface area (Å²) in [6.07, 6.45) is -17.8. The van der Waals surface area contributed by atoms with Crippen molar-refractivity contribution in [3.05, 3.63) is 167 Å². The maximum absolute atomic E-state index is 14.2. The topological polar surface area (TPSA) is 0 Å². The van der Waals surface area contributed by atoms with Gasteiger partial charge in [0.15, 0.2) is 0 Å². The fraction of sp³-hybridized carbons (Fsp3) is 0.171. The van der Waals surface area contributed by atoms with Gasteiger partial charge in [0, 0.05) is 5.66 Å². The van der Waals surface area contributed by atoms with Gasteiger partial charge in [0.2, 0.25) is 0 Å². The van der Waals surface area contributed by atoms with Gasteiger partial charge in [0.05, 0.1) is 22.3 Å². The molecular weight excluding hydrogens is 782 g/mol. The van der Waals surface area contributed by atoms with Gasteiger partial charge >= 0.3 is 24.7 Å². The van der Waals surface area contributed by atoms with Gasteiger partial charge in [-0.25, -0.2) is 0 Å². The molecule has 0 unspecified atom stereocenters. The lowest BCUT2D eigenvalue weighted by molar-refractivity contribution is -0.144. The molecule has 14 heteroatoms. The number of hydrogen-bond acceptors (Lipinski definition) is 0. The van der Waals surface area contributed by atoms with E-state index in [0.29, 0.717) is 41.0 Å². The Hall–Kier alpha value is -4.40. The van der Waals surface area contributed by atoms with Crippen LogP contribution in [0.4, 0.5) is 52.7 Å². The van der Waals surface area contributed by atoms with Crippen molar-refractivity contribution in [1.29, 1.82) is 0 Å². The van der Waals surface area contributed by atoms with Gasteiger partial charge in [-0.2, -0.15) is 52.7 Å². The third kappa shape index (κ3) is 8.86. The van der Waals surface area contributed by atoms with Gasteiger partial charge in [-0.05, 0) is 96.3 Å². The summed E-state index contributed by atoms with van der Waals surface area (Å²) in [5, 5.41) is 1.40. The van der Waals surface area contributed by atoms with Crippen molar-refractivity contribution >= 4 is 47.9 Å². The predicted octanol–water partition coefficient (Wildman–Crippen LogP) is 11.8. The van der Waals surface area contributed by atoms with Crippen LogP contribution in [0.1, 0.15) is 41.2 Å². The SMILES string of the molecule is C[C@@H](C1=C(c2ccccc2P(c2ccccc2)c2ccccc2)C=CC1)P(c1cc(C(F)(F)F)cc(C(F)(F)F)c1)c1cc(C(F)(F)F)cc(C(F)(F)F)c1. The second-order valence-corrected chi connectivity index (χ2v) is 17.4. The number of halogens is 12. The zero-order valence-electron chi connectivity index (χ0n) is 28.4. The monoisotopic (exact) mass is 810 g/mol. The van der Waals surface area contributed by atoms with Crippen LogP contribution in [0.2, 0.25) is 0 Å².